The van der Waals surface area contributed by atoms with Crippen LogP contribution in [0.15, 0.2) is 6.20 Å². The van der Waals surface area contributed by atoms with E-state index < -0.39 is 42.7 Å². The molecule has 11 heteroatoms. The minimum absolute atomic E-state index is 0.266. The standard InChI is InChI=1S/C12H11F2N5O4/c1-16-12(3-20)7(21)6(14)10(23-12)19-2-4(13)5-8(15)17-11(22)18-9(5)19/h2,6-7,10,20-21H,3H2,(H3,15,17,18,22). The molecule has 1 saturated heterocycles. The molecular weight excluding hydrogens is 316 g/mol. The Morgan fingerprint density at radius 3 is 2.78 bits per heavy atom. The monoisotopic (exact) mass is 327 g/mol. The zero-order valence-corrected chi connectivity index (χ0v) is 11.4. The van der Waals surface area contributed by atoms with E-state index in [1.807, 2.05) is 0 Å². The average molecular weight is 327 g/mol. The predicted octanol–water partition coefficient (Wildman–Crippen LogP) is -0.306. The Morgan fingerprint density at radius 1 is 1.52 bits per heavy atom. The number of halogens is 2. The maximum atomic E-state index is 14.4. The molecule has 0 saturated carbocycles. The van der Waals surface area contributed by atoms with Gasteiger partial charge in [-0.25, -0.2) is 15.4 Å². The fourth-order valence-electron chi connectivity index (χ4n) is 2.53. The Bertz CT molecular complexity index is 822. The van der Waals surface area contributed by atoms with Crippen LogP contribution in [0.3, 0.4) is 0 Å². The molecule has 122 valence electrons. The first kappa shape index (κ1) is 15.3. The van der Waals surface area contributed by atoms with Crippen molar-refractivity contribution in [2.24, 2.45) is 0 Å². The molecule has 0 bridgehead atoms. The number of nitrogen functional groups attached to an aromatic ring is 1. The molecule has 0 spiro atoms. The van der Waals surface area contributed by atoms with E-state index in [-0.39, 0.29) is 16.9 Å². The lowest BCUT2D eigenvalue weighted by Crippen LogP contribution is -2.42. The Labute approximate surface area is 127 Å². The lowest BCUT2D eigenvalue weighted by atomic mass is 10.1. The van der Waals surface area contributed by atoms with Crippen molar-refractivity contribution in [2.45, 2.75) is 24.2 Å². The van der Waals surface area contributed by atoms with Gasteiger partial charge in [0.25, 0.3) is 0 Å². The van der Waals surface area contributed by atoms with Crippen LogP contribution >= 0.6 is 0 Å². The van der Waals surface area contributed by atoms with Gasteiger partial charge in [-0.1, -0.05) is 0 Å². The second kappa shape index (κ2) is 4.98. The number of aliphatic hydroxyl groups excluding tert-OH is 2. The van der Waals surface area contributed by atoms with Crippen molar-refractivity contribution in [1.29, 1.82) is 0 Å². The van der Waals surface area contributed by atoms with Gasteiger partial charge < -0.3 is 21.1 Å². The molecule has 1 aliphatic heterocycles. The number of aliphatic hydroxyl groups is 2. The van der Waals surface area contributed by atoms with Crippen LogP contribution in [0.1, 0.15) is 6.23 Å². The summed E-state index contributed by atoms with van der Waals surface area (Å²) < 4.78 is 34.4. The van der Waals surface area contributed by atoms with Crippen molar-refractivity contribution in [1.82, 2.24) is 14.5 Å². The maximum absolute atomic E-state index is 14.4. The van der Waals surface area contributed by atoms with Crippen LogP contribution in [0.4, 0.5) is 14.6 Å². The summed E-state index contributed by atoms with van der Waals surface area (Å²) in [6, 6.07) is -0.762. The van der Waals surface area contributed by atoms with E-state index in [1.165, 1.54) is 0 Å². The number of nitrogens with zero attached hydrogens (tertiary/aromatic N) is 4. The molecule has 2 aromatic rings. The Morgan fingerprint density at radius 2 is 2.22 bits per heavy atom. The third kappa shape index (κ3) is 2.00. The van der Waals surface area contributed by atoms with Crippen molar-refractivity contribution in [3.05, 3.63) is 23.4 Å². The molecule has 23 heavy (non-hydrogen) atoms. The first-order valence-electron chi connectivity index (χ1n) is 6.36. The van der Waals surface area contributed by atoms with Gasteiger partial charge in [0.15, 0.2) is 36.6 Å². The van der Waals surface area contributed by atoms with E-state index in [0.29, 0.717) is 0 Å². The summed E-state index contributed by atoms with van der Waals surface area (Å²) in [5.41, 5.74) is 3.02. The largest absolute Gasteiger partial charge is 0.479 e. The van der Waals surface area contributed by atoms with Crippen LogP contribution < -0.4 is 5.73 Å². The molecule has 4 atom stereocenters. The SMILES string of the molecule is [C-]#[N+]C1(CO)OC(n2cc(F)c3c(N)nc(O)nc32)C(F)C1O. The van der Waals surface area contributed by atoms with Crippen molar-refractivity contribution in [3.63, 3.8) is 0 Å². The summed E-state index contributed by atoms with van der Waals surface area (Å²) in [5, 5.41) is 28.2. The number of rotatable bonds is 2. The zero-order chi connectivity index (χ0) is 16.9. The quantitative estimate of drug-likeness (QED) is 0.557. The second-order valence-electron chi connectivity index (χ2n) is 5.00. The second-order valence-corrected chi connectivity index (χ2v) is 5.00. The van der Waals surface area contributed by atoms with E-state index in [0.717, 1.165) is 10.8 Å². The van der Waals surface area contributed by atoms with Crippen LogP contribution in [0, 0.1) is 12.4 Å². The fraction of sp³-hybridized carbons (Fsp3) is 0.417. The Hall–Kier alpha value is -2.55. The highest BCUT2D eigenvalue weighted by atomic mass is 19.1. The number of hydrogen-bond acceptors (Lipinski definition) is 7. The van der Waals surface area contributed by atoms with Crippen molar-refractivity contribution < 1.29 is 28.8 Å². The molecule has 9 nitrogen and oxygen atoms in total. The van der Waals surface area contributed by atoms with E-state index in [9.17, 15) is 24.1 Å². The molecule has 0 radical (unpaired) electrons. The minimum Gasteiger partial charge on any atom is -0.479 e. The number of nitrogens with two attached hydrogens (primary N) is 1. The molecule has 1 aliphatic rings. The molecule has 1 fully saturated rings. The lowest BCUT2D eigenvalue weighted by Gasteiger charge is -2.16. The highest BCUT2D eigenvalue weighted by Gasteiger charge is 2.62. The van der Waals surface area contributed by atoms with Gasteiger partial charge in [-0.05, 0) is 0 Å². The molecule has 0 aromatic carbocycles. The maximum Gasteiger partial charge on any atom is 0.390 e. The summed E-state index contributed by atoms with van der Waals surface area (Å²) >= 11 is 0. The average Bonchev–Trinajstić information content (AvgIpc) is 2.96. The number of anilines is 1. The third-order valence-electron chi connectivity index (χ3n) is 3.69. The number of fused-ring (bicyclic) bond motifs is 1. The molecule has 0 amide bonds. The van der Waals surface area contributed by atoms with E-state index in [2.05, 4.69) is 14.8 Å². The van der Waals surface area contributed by atoms with Crippen molar-refractivity contribution in [2.75, 3.05) is 12.3 Å². The number of aromatic hydroxyl groups is 1. The first-order chi connectivity index (χ1) is 10.8. The van der Waals surface area contributed by atoms with Crippen LogP contribution in [0.25, 0.3) is 15.9 Å². The van der Waals surface area contributed by atoms with Gasteiger partial charge >= 0.3 is 11.7 Å². The van der Waals surface area contributed by atoms with Crippen molar-refractivity contribution in [3.8, 4) is 6.01 Å². The lowest BCUT2D eigenvalue weighted by molar-refractivity contribution is -0.0979. The highest BCUT2D eigenvalue weighted by Crippen LogP contribution is 2.42. The molecule has 0 aliphatic carbocycles. The number of alkyl halides is 1. The van der Waals surface area contributed by atoms with Gasteiger partial charge in [-0.15, -0.1) is 0 Å². The summed E-state index contributed by atoms with van der Waals surface area (Å²) in [5.74, 6) is -1.26. The summed E-state index contributed by atoms with van der Waals surface area (Å²) in [6.45, 7) is 6.04. The summed E-state index contributed by atoms with van der Waals surface area (Å²) in [7, 11) is 0. The highest BCUT2D eigenvalue weighted by molar-refractivity contribution is 5.87. The van der Waals surface area contributed by atoms with Gasteiger partial charge in [-0.3, -0.25) is 14.1 Å². The number of ether oxygens (including phenoxy) is 1. The molecule has 5 N–H and O–H groups in total. The van der Waals surface area contributed by atoms with Crippen LogP contribution in [0.2, 0.25) is 0 Å². The molecule has 4 unspecified atom stereocenters. The van der Waals surface area contributed by atoms with Gasteiger partial charge in [0, 0.05) is 6.20 Å². The summed E-state index contributed by atoms with van der Waals surface area (Å²) in [4.78, 5) is 9.91. The van der Waals surface area contributed by atoms with Crippen molar-refractivity contribution >= 4 is 16.9 Å². The van der Waals surface area contributed by atoms with E-state index in [1.54, 1.807) is 0 Å². The van der Waals surface area contributed by atoms with Gasteiger partial charge in [0.1, 0.15) is 5.82 Å². The Kier molecular flexibility index (Phi) is 3.33. The zero-order valence-electron chi connectivity index (χ0n) is 11.4. The van der Waals surface area contributed by atoms with E-state index >= 15 is 0 Å². The van der Waals surface area contributed by atoms with Gasteiger partial charge in [0.05, 0.1) is 5.39 Å². The number of hydrogen-bond donors (Lipinski definition) is 4. The normalized spacial score (nSPS) is 30.7. The molecule has 2 aromatic heterocycles. The minimum atomic E-state index is -2.21. The van der Waals surface area contributed by atoms with Crippen LogP contribution in [0.5, 0.6) is 6.01 Å². The van der Waals surface area contributed by atoms with Crippen LogP contribution in [-0.2, 0) is 4.74 Å². The molecule has 3 heterocycles. The van der Waals surface area contributed by atoms with E-state index in [4.69, 9.17) is 17.0 Å². The first-order valence-corrected chi connectivity index (χ1v) is 6.36. The predicted molar refractivity (Wildman–Crippen MR) is 71.0 cm³/mol. The Balaban J connectivity index is 2.17. The fourth-order valence-corrected chi connectivity index (χ4v) is 2.53. The molecule has 3 rings (SSSR count). The topological polar surface area (TPSA) is 131 Å². The van der Waals surface area contributed by atoms with Crippen LogP contribution in [-0.4, -0.2) is 54.5 Å². The number of aromatic nitrogens is 3. The third-order valence-corrected chi connectivity index (χ3v) is 3.69. The smallest absolute Gasteiger partial charge is 0.390 e. The molecular formula is C12H11F2N5O4. The summed E-state index contributed by atoms with van der Waals surface area (Å²) in [6.07, 6.45) is -4.95. The van der Waals surface area contributed by atoms with Gasteiger partial charge in [-0.2, -0.15) is 9.97 Å². The van der Waals surface area contributed by atoms with Gasteiger partial charge in [0.2, 0.25) is 0 Å².